The van der Waals surface area contributed by atoms with Crippen molar-refractivity contribution in [3.05, 3.63) is 24.0 Å². The molecular weight excluding hydrogens is 278 g/mol. The Morgan fingerprint density at radius 1 is 1.32 bits per heavy atom. The molecule has 0 saturated carbocycles. The minimum atomic E-state index is -0.298. The molecule has 2 N–H and O–H groups in total. The highest BCUT2D eigenvalue weighted by Crippen LogP contribution is 2.30. The lowest BCUT2D eigenvalue weighted by Gasteiger charge is -2.37. The largest absolute Gasteiger partial charge is 0.390 e. The molecule has 1 aromatic heterocycles. The number of nitrogens with zero attached hydrogens (tertiary/aromatic N) is 2. The van der Waals surface area contributed by atoms with E-state index in [0.29, 0.717) is 6.04 Å². The number of hydrogen-bond acceptors (Lipinski definition) is 4. The molecule has 22 heavy (non-hydrogen) atoms. The van der Waals surface area contributed by atoms with E-state index in [2.05, 4.69) is 40.8 Å². The van der Waals surface area contributed by atoms with Gasteiger partial charge in [-0.1, -0.05) is 0 Å². The van der Waals surface area contributed by atoms with Crippen LogP contribution in [-0.2, 0) is 4.74 Å². The standard InChI is InChI=1S/C17H29N3O2/c1-13-9-19(10-14(2)22-13)11-15(21)12-20-8-4-6-17(20)16-5-3-7-18-16/h3,5,7,13-15,17-18,21H,4,6,8-12H2,1-2H3. The van der Waals surface area contributed by atoms with Crippen LogP contribution in [0.4, 0.5) is 0 Å². The second-order valence-corrected chi connectivity index (χ2v) is 6.91. The topological polar surface area (TPSA) is 51.7 Å². The number of aromatic nitrogens is 1. The molecule has 0 amide bonds. The second-order valence-electron chi connectivity index (χ2n) is 6.91. The Morgan fingerprint density at radius 3 is 2.77 bits per heavy atom. The van der Waals surface area contributed by atoms with Crippen molar-refractivity contribution in [2.24, 2.45) is 0 Å². The van der Waals surface area contributed by atoms with Crippen LogP contribution in [-0.4, -0.2) is 70.9 Å². The molecule has 0 aromatic carbocycles. The van der Waals surface area contributed by atoms with Crippen molar-refractivity contribution in [2.75, 3.05) is 32.7 Å². The average Bonchev–Trinajstić information content (AvgIpc) is 3.07. The maximum Gasteiger partial charge on any atom is 0.0794 e. The quantitative estimate of drug-likeness (QED) is 0.868. The van der Waals surface area contributed by atoms with Gasteiger partial charge in [0.05, 0.1) is 18.3 Å². The Bertz CT molecular complexity index is 441. The zero-order valence-corrected chi connectivity index (χ0v) is 13.7. The summed E-state index contributed by atoms with van der Waals surface area (Å²) >= 11 is 0. The molecule has 0 aliphatic carbocycles. The molecule has 124 valence electrons. The fraction of sp³-hybridized carbons (Fsp3) is 0.765. The zero-order valence-electron chi connectivity index (χ0n) is 13.7. The summed E-state index contributed by atoms with van der Waals surface area (Å²) in [6, 6.07) is 4.65. The molecule has 2 aliphatic rings. The van der Waals surface area contributed by atoms with E-state index in [9.17, 15) is 5.11 Å². The van der Waals surface area contributed by atoms with Gasteiger partial charge in [0.1, 0.15) is 0 Å². The number of ether oxygens (including phenoxy) is 1. The highest BCUT2D eigenvalue weighted by atomic mass is 16.5. The van der Waals surface area contributed by atoms with Gasteiger partial charge < -0.3 is 14.8 Å². The van der Waals surface area contributed by atoms with Crippen molar-refractivity contribution >= 4 is 0 Å². The summed E-state index contributed by atoms with van der Waals surface area (Å²) in [5.41, 5.74) is 1.28. The van der Waals surface area contributed by atoms with Crippen LogP contribution in [0.5, 0.6) is 0 Å². The highest BCUT2D eigenvalue weighted by molar-refractivity contribution is 5.11. The molecule has 0 bridgehead atoms. The van der Waals surface area contributed by atoms with E-state index in [1.165, 1.54) is 18.5 Å². The van der Waals surface area contributed by atoms with Gasteiger partial charge in [0.15, 0.2) is 0 Å². The third-order valence-electron chi connectivity index (χ3n) is 4.75. The molecule has 0 spiro atoms. The minimum absolute atomic E-state index is 0.259. The van der Waals surface area contributed by atoms with Gasteiger partial charge in [0.2, 0.25) is 0 Å². The number of β-amino-alcohol motifs (C(OH)–C–C–N with tert-alkyl or cyclic N) is 1. The molecule has 0 radical (unpaired) electrons. The average molecular weight is 307 g/mol. The first-order valence-electron chi connectivity index (χ1n) is 8.55. The fourth-order valence-corrected chi connectivity index (χ4v) is 4.01. The van der Waals surface area contributed by atoms with Gasteiger partial charge in [0, 0.05) is 44.1 Å². The predicted octanol–water partition coefficient (Wildman–Crippen LogP) is 1.62. The molecule has 3 heterocycles. The highest BCUT2D eigenvalue weighted by Gasteiger charge is 2.30. The summed E-state index contributed by atoms with van der Waals surface area (Å²) in [4.78, 5) is 8.08. The van der Waals surface area contributed by atoms with Crippen LogP contribution >= 0.6 is 0 Å². The number of likely N-dealkylation sites (tertiary alicyclic amines) is 1. The van der Waals surface area contributed by atoms with Crippen LogP contribution in [0.3, 0.4) is 0 Å². The van der Waals surface area contributed by atoms with Gasteiger partial charge >= 0.3 is 0 Å². The molecule has 4 atom stereocenters. The number of aromatic amines is 1. The van der Waals surface area contributed by atoms with Crippen molar-refractivity contribution in [3.8, 4) is 0 Å². The van der Waals surface area contributed by atoms with E-state index in [-0.39, 0.29) is 18.3 Å². The number of rotatable bonds is 5. The Kier molecular flexibility index (Phi) is 5.18. The SMILES string of the molecule is CC1CN(CC(O)CN2CCCC2c2ccc[nH]2)CC(C)O1. The number of hydrogen-bond donors (Lipinski definition) is 2. The number of aliphatic hydroxyl groups excluding tert-OH is 1. The van der Waals surface area contributed by atoms with Gasteiger partial charge in [-0.15, -0.1) is 0 Å². The first-order valence-corrected chi connectivity index (χ1v) is 8.55. The van der Waals surface area contributed by atoms with Gasteiger partial charge in [0.25, 0.3) is 0 Å². The van der Waals surface area contributed by atoms with E-state index in [4.69, 9.17) is 4.74 Å². The fourth-order valence-electron chi connectivity index (χ4n) is 4.01. The van der Waals surface area contributed by atoms with Crippen molar-refractivity contribution in [3.63, 3.8) is 0 Å². The third kappa shape index (κ3) is 3.90. The molecular formula is C17H29N3O2. The van der Waals surface area contributed by atoms with Crippen molar-refractivity contribution < 1.29 is 9.84 Å². The molecule has 2 aliphatic heterocycles. The Labute approximate surface area is 133 Å². The number of aliphatic hydroxyl groups is 1. The summed E-state index contributed by atoms with van der Waals surface area (Å²) < 4.78 is 5.76. The number of H-pyrrole nitrogens is 1. The van der Waals surface area contributed by atoms with Gasteiger partial charge in [-0.2, -0.15) is 0 Å². The normalized spacial score (nSPS) is 32.4. The van der Waals surface area contributed by atoms with Gasteiger partial charge in [-0.05, 0) is 45.4 Å². The zero-order chi connectivity index (χ0) is 15.5. The van der Waals surface area contributed by atoms with E-state index in [0.717, 1.165) is 32.7 Å². The van der Waals surface area contributed by atoms with Crippen LogP contribution < -0.4 is 0 Å². The summed E-state index contributed by atoms with van der Waals surface area (Å²) in [5.74, 6) is 0. The summed E-state index contributed by atoms with van der Waals surface area (Å²) in [6.07, 6.45) is 4.59. The lowest BCUT2D eigenvalue weighted by molar-refractivity contribution is -0.0782. The monoisotopic (exact) mass is 307 g/mol. The van der Waals surface area contributed by atoms with Crippen LogP contribution in [0.25, 0.3) is 0 Å². The van der Waals surface area contributed by atoms with Crippen LogP contribution in [0.15, 0.2) is 18.3 Å². The molecule has 2 saturated heterocycles. The summed E-state index contributed by atoms with van der Waals surface area (Å²) in [5, 5.41) is 10.5. The van der Waals surface area contributed by atoms with Crippen molar-refractivity contribution in [2.45, 2.75) is 51.0 Å². The molecule has 5 nitrogen and oxygen atoms in total. The Balaban J connectivity index is 1.51. The van der Waals surface area contributed by atoms with Crippen molar-refractivity contribution in [1.82, 2.24) is 14.8 Å². The van der Waals surface area contributed by atoms with E-state index in [1.54, 1.807) is 0 Å². The van der Waals surface area contributed by atoms with Crippen LogP contribution in [0.2, 0.25) is 0 Å². The lowest BCUT2D eigenvalue weighted by atomic mass is 10.1. The van der Waals surface area contributed by atoms with Gasteiger partial charge in [-0.3, -0.25) is 9.80 Å². The molecule has 5 heteroatoms. The summed E-state index contributed by atoms with van der Waals surface area (Å²) in [6.45, 7) is 8.63. The third-order valence-corrected chi connectivity index (χ3v) is 4.75. The molecule has 2 fully saturated rings. The first kappa shape index (κ1) is 16.0. The van der Waals surface area contributed by atoms with Crippen LogP contribution in [0, 0.1) is 0 Å². The lowest BCUT2D eigenvalue weighted by Crippen LogP contribution is -2.49. The van der Waals surface area contributed by atoms with Crippen LogP contribution in [0.1, 0.15) is 38.4 Å². The Hall–Kier alpha value is -0.880. The maximum absolute atomic E-state index is 10.5. The first-order chi connectivity index (χ1) is 10.6. The molecule has 3 rings (SSSR count). The van der Waals surface area contributed by atoms with Crippen molar-refractivity contribution in [1.29, 1.82) is 0 Å². The van der Waals surface area contributed by atoms with E-state index >= 15 is 0 Å². The van der Waals surface area contributed by atoms with E-state index in [1.807, 2.05) is 6.20 Å². The number of morpholine rings is 1. The van der Waals surface area contributed by atoms with Gasteiger partial charge in [-0.25, -0.2) is 0 Å². The van der Waals surface area contributed by atoms with E-state index < -0.39 is 0 Å². The maximum atomic E-state index is 10.5. The number of nitrogens with one attached hydrogen (secondary N) is 1. The molecule has 1 aromatic rings. The predicted molar refractivity (Wildman–Crippen MR) is 86.8 cm³/mol. The molecule has 4 unspecified atom stereocenters. The second kappa shape index (κ2) is 7.13. The smallest absolute Gasteiger partial charge is 0.0794 e. The Morgan fingerprint density at radius 2 is 2.09 bits per heavy atom. The summed E-state index contributed by atoms with van der Waals surface area (Å²) in [7, 11) is 0. The minimum Gasteiger partial charge on any atom is -0.390 e.